The van der Waals surface area contributed by atoms with Gasteiger partial charge in [-0.25, -0.2) is 3.11 Å². The highest BCUT2D eigenvalue weighted by molar-refractivity contribution is 14.1. The molecule has 1 aliphatic rings. The number of amides is 2. The monoisotopic (exact) mass is 321 g/mol. The summed E-state index contributed by atoms with van der Waals surface area (Å²) in [5.41, 5.74) is 1.40. The Morgan fingerprint density at radius 2 is 1.73 bits per heavy atom. The lowest BCUT2D eigenvalue weighted by molar-refractivity contribution is -0.132. The molecule has 1 aliphatic heterocycles. The van der Waals surface area contributed by atoms with Crippen LogP contribution in [0.2, 0.25) is 0 Å². The Morgan fingerprint density at radius 3 is 2.00 bits per heavy atom. The zero-order valence-corrected chi connectivity index (χ0v) is 11.9. The average Bonchev–Trinajstić information content (AvgIpc) is 2.28. The van der Waals surface area contributed by atoms with E-state index in [4.69, 9.17) is 0 Å². The molecule has 0 radical (unpaired) electrons. The molecule has 1 saturated heterocycles. The van der Waals surface area contributed by atoms with E-state index >= 15 is 0 Å². The van der Waals surface area contributed by atoms with Gasteiger partial charge in [0.15, 0.2) is 0 Å². The molecule has 0 spiro atoms. The minimum Gasteiger partial charge on any atom is -0.273 e. The lowest BCUT2D eigenvalue weighted by atomic mass is 9.76. The van der Waals surface area contributed by atoms with Crippen molar-refractivity contribution in [3.05, 3.63) is 11.1 Å². The van der Waals surface area contributed by atoms with Crippen LogP contribution >= 0.6 is 22.9 Å². The first kappa shape index (κ1) is 12.7. The van der Waals surface area contributed by atoms with Crippen molar-refractivity contribution in [3.8, 4) is 0 Å². The summed E-state index contributed by atoms with van der Waals surface area (Å²) in [6, 6.07) is 0. The molecular formula is C11H16INO2. The van der Waals surface area contributed by atoms with E-state index in [2.05, 4.69) is 0 Å². The summed E-state index contributed by atoms with van der Waals surface area (Å²) in [5.74, 6) is -0.545. The van der Waals surface area contributed by atoms with E-state index in [1.54, 1.807) is 22.9 Å². The quantitative estimate of drug-likeness (QED) is 0.298. The summed E-state index contributed by atoms with van der Waals surface area (Å²) in [4.78, 5) is 23.8. The Bertz CT molecular complexity index is 348. The van der Waals surface area contributed by atoms with Crippen LogP contribution in [0.5, 0.6) is 0 Å². The van der Waals surface area contributed by atoms with Crippen molar-refractivity contribution in [2.45, 2.75) is 34.6 Å². The van der Waals surface area contributed by atoms with Gasteiger partial charge in [-0.3, -0.25) is 9.59 Å². The third-order valence-electron chi connectivity index (χ3n) is 2.54. The van der Waals surface area contributed by atoms with Gasteiger partial charge in [0.25, 0.3) is 5.91 Å². The summed E-state index contributed by atoms with van der Waals surface area (Å²) < 4.78 is 1.20. The van der Waals surface area contributed by atoms with Gasteiger partial charge >= 0.3 is 0 Å². The minimum absolute atomic E-state index is 0.0932. The van der Waals surface area contributed by atoms with E-state index < -0.39 is 0 Å². The lowest BCUT2D eigenvalue weighted by Gasteiger charge is -2.25. The molecule has 84 valence electrons. The van der Waals surface area contributed by atoms with Crippen molar-refractivity contribution in [2.75, 3.05) is 0 Å². The highest BCUT2D eigenvalue weighted by Crippen LogP contribution is 2.41. The molecule has 1 unspecified atom stereocenters. The Hall–Kier alpha value is -0.390. The first-order valence-corrected chi connectivity index (χ1v) is 5.86. The molecule has 0 bridgehead atoms. The molecule has 0 saturated carbocycles. The van der Waals surface area contributed by atoms with E-state index in [1.165, 1.54) is 3.11 Å². The fourth-order valence-electron chi connectivity index (χ4n) is 1.87. The molecule has 4 heteroatoms. The number of imide groups is 1. The molecule has 15 heavy (non-hydrogen) atoms. The second-order valence-electron chi connectivity index (χ2n) is 5.14. The lowest BCUT2D eigenvalue weighted by Crippen LogP contribution is -2.28. The summed E-state index contributed by atoms with van der Waals surface area (Å²) in [6.45, 7) is 9.73. The highest BCUT2D eigenvalue weighted by atomic mass is 127. The second kappa shape index (κ2) is 3.88. The SMILES string of the molecule is CC(C)=C1C(=O)N(I)C(=O)C1C(C)(C)C. The third kappa shape index (κ3) is 2.09. The average molecular weight is 321 g/mol. The molecule has 0 aliphatic carbocycles. The van der Waals surface area contributed by atoms with Gasteiger partial charge in [0.05, 0.1) is 28.8 Å². The number of allylic oxidation sites excluding steroid dienone is 1. The smallest absolute Gasteiger partial charge is 0.266 e. The topological polar surface area (TPSA) is 37.4 Å². The van der Waals surface area contributed by atoms with Crippen LogP contribution in [0, 0.1) is 11.3 Å². The van der Waals surface area contributed by atoms with Crippen LogP contribution in [-0.4, -0.2) is 14.9 Å². The largest absolute Gasteiger partial charge is 0.273 e. The van der Waals surface area contributed by atoms with Gasteiger partial charge in [-0.2, -0.15) is 0 Å². The van der Waals surface area contributed by atoms with Crippen molar-refractivity contribution in [2.24, 2.45) is 11.3 Å². The zero-order valence-electron chi connectivity index (χ0n) is 9.72. The van der Waals surface area contributed by atoms with Gasteiger partial charge in [0.1, 0.15) is 0 Å². The van der Waals surface area contributed by atoms with Crippen LogP contribution in [0.25, 0.3) is 0 Å². The summed E-state index contributed by atoms with van der Waals surface area (Å²) >= 11 is 1.79. The Kier molecular flexibility index (Phi) is 3.28. The van der Waals surface area contributed by atoms with Crippen LogP contribution in [0.3, 0.4) is 0 Å². The first-order valence-electron chi connectivity index (χ1n) is 4.89. The van der Waals surface area contributed by atoms with Gasteiger partial charge in [0.2, 0.25) is 5.91 Å². The van der Waals surface area contributed by atoms with E-state index in [1.807, 2.05) is 34.6 Å². The maximum Gasteiger partial charge on any atom is 0.266 e. The zero-order chi connectivity index (χ0) is 12.0. The highest BCUT2D eigenvalue weighted by Gasteiger charge is 2.48. The van der Waals surface area contributed by atoms with Gasteiger partial charge < -0.3 is 0 Å². The molecule has 0 N–H and O–H groups in total. The van der Waals surface area contributed by atoms with E-state index in [0.29, 0.717) is 5.57 Å². The number of halogens is 1. The van der Waals surface area contributed by atoms with Crippen LogP contribution in [-0.2, 0) is 9.59 Å². The fraction of sp³-hybridized carbons (Fsp3) is 0.636. The molecule has 1 atom stereocenters. The molecule has 0 aromatic rings. The minimum atomic E-state index is -0.299. The number of hydrogen-bond acceptors (Lipinski definition) is 2. The van der Waals surface area contributed by atoms with Gasteiger partial charge in [0, 0.05) is 5.57 Å². The number of rotatable bonds is 0. The van der Waals surface area contributed by atoms with Crippen molar-refractivity contribution in [3.63, 3.8) is 0 Å². The predicted octanol–water partition coefficient (Wildman–Crippen LogP) is 2.70. The first-order chi connectivity index (χ1) is 6.68. The fourth-order valence-corrected chi connectivity index (χ4v) is 2.41. The van der Waals surface area contributed by atoms with Crippen LogP contribution in [0.4, 0.5) is 0 Å². The van der Waals surface area contributed by atoms with E-state index in [0.717, 1.165) is 5.57 Å². The number of carbonyl (C=O) groups excluding carboxylic acids is 2. The standard InChI is InChI=1S/C11H16INO2/c1-6(2)7-8(11(3,4)5)10(15)13(12)9(7)14/h8H,1-5H3. The van der Waals surface area contributed by atoms with Crippen molar-refractivity contribution < 1.29 is 9.59 Å². The molecule has 2 amide bonds. The Morgan fingerprint density at radius 1 is 1.27 bits per heavy atom. The predicted molar refractivity (Wildman–Crippen MR) is 67.2 cm³/mol. The van der Waals surface area contributed by atoms with E-state index in [-0.39, 0.29) is 23.1 Å². The molecule has 1 heterocycles. The van der Waals surface area contributed by atoms with Gasteiger partial charge in [-0.05, 0) is 19.3 Å². The summed E-state index contributed by atoms with van der Waals surface area (Å²) in [6.07, 6.45) is 0. The van der Waals surface area contributed by atoms with Crippen LogP contribution < -0.4 is 0 Å². The van der Waals surface area contributed by atoms with Crippen molar-refractivity contribution in [1.82, 2.24) is 3.11 Å². The van der Waals surface area contributed by atoms with Crippen molar-refractivity contribution in [1.29, 1.82) is 0 Å². The van der Waals surface area contributed by atoms with Crippen LogP contribution in [0.15, 0.2) is 11.1 Å². The van der Waals surface area contributed by atoms with E-state index in [9.17, 15) is 9.59 Å². The Labute approximate surface area is 104 Å². The molecule has 3 nitrogen and oxygen atoms in total. The Balaban J connectivity index is 3.32. The summed E-state index contributed by atoms with van der Waals surface area (Å²) in [7, 11) is 0. The van der Waals surface area contributed by atoms with Crippen molar-refractivity contribution >= 4 is 34.7 Å². The number of nitrogens with zero attached hydrogens (tertiary/aromatic N) is 1. The maximum atomic E-state index is 11.9. The molecule has 1 fully saturated rings. The number of hydrogen-bond donors (Lipinski definition) is 0. The normalized spacial score (nSPS) is 22.7. The van der Waals surface area contributed by atoms with Gasteiger partial charge in [-0.1, -0.05) is 26.3 Å². The number of carbonyl (C=O) groups is 2. The maximum absolute atomic E-state index is 11.9. The molecule has 0 aromatic carbocycles. The third-order valence-corrected chi connectivity index (χ3v) is 3.46. The second-order valence-corrected chi connectivity index (χ2v) is 6.10. The molecule has 0 aromatic heterocycles. The van der Waals surface area contributed by atoms with Crippen LogP contribution in [0.1, 0.15) is 34.6 Å². The molecule has 1 rings (SSSR count). The summed E-state index contributed by atoms with van der Waals surface area (Å²) in [5, 5.41) is 0. The molecular weight excluding hydrogens is 305 g/mol. The van der Waals surface area contributed by atoms with Gasteiger partial charge in [-0.15, -0.1) is 0 Å².